The first kappa shape index (κ1) is 11.8. The maximum Gasteiger partial charge on any atom is 0.243 e. The Hall–Kier alpha value is -1.26. The van der Waals surface area contributed by atoms with Gasteiger partial charge in [0.1, 0.15) is 17.9 Å². The van der Waals surface area contributed by atoms with Crippen molar-refractivity contribution in [3.63, 3.8) is 0 Å². The second-order valence-electron chi connectivity index (χ2n) is 2.64. The van der Waals surface area contributed by atoms with E-state index in [1.165, 1.54) is 6.33 Å². The van der Waals surface area contributed by atoms with Gasteiger partial charge >= 0.3 is 0 Å². The molecule has 0 radical (unpaired) electrons. The molecular weight excluding hydrogens is 235 g/mol. The summed E-state index contributed by atoms with van der Waals surface area (Å²) in [6.45, 7) is 4.38. The number of hydrogen-bond acceptors (Lipinski definition) is 1. The predicted octanol–water partition coefficient (Wildman–Crippen LogP) is 2.20. The smallest absolute Gasteiger partial charge is 0.243 e. The van der Waals surface area contributed by atoms with E-state index in [2.05, 4.69) is 21.5 Å². The molecule has 0 amide bonds. The summed E-state index contributed by atoms with van der Waals surface area (Å²) in [5, 5.41) is 1.23. The lowest BCUT2D eigenvalue weighted by Gasteiger charge is -1.81. The van der Waals surface area contributed by atoms with E-state index in [9.17, 15) is 0 Å². The number of H-pyrrole nitrogens is 2. The Bertz CT molecular complexity index is 394. The number of rotatable bonds is 2. The average Bonchev–Trinajstić information content (AvgIpc) is 2.80. The molecule has 0 saturated carbocycles. The molecular formula is C9H11Cl2N4+. The van der Waals surface area contributed by atoms with Crippen molar-refractivity contribution >= 4 is 23.2 Å². The van der Waals surface area contributed by atoms with Crippen LogP contribution in [0.1, 0.15) is 0 Å². The van der Waals surface area contributed by atoms with Crippen LogP contribution in [0.2, 0.25) is 10.3 Å². The van der Waals surface area contributed by atoms with Crippen LogP contribution in [-0.2, 0) is 6.54 Å². The largest absolute Gasteiger partial charge is 0.336 e. The highest BCUT2D eigenvalue weighted by atomic mass is 35.5. The van der Waals surface area contributed by atoms with Crippen LogP contribution in [0.3, 0.4) is 0 Å². The van der Waals surface area contributed by atoms with Crippen molar-refractivity contribution < 1.29 is 4.57 Å². The summed E-state index contributed by atoms with van der Waals surface area (Å²) in [4.78, 5) is 9.12. The zero-order valence-electron chi connectivity index (χ0n) is 7.95. The van der Waals surface area contributed by atoms with Crippen LogP contribution in [0, 0.1) is 0 Å². The number of aromatic nitrogens is 4. The van der Waals surface area contributed by atoms with E-state index in [1.54, 1.807) is 12.5 Å². The van der Waals surface area contributed by atoms with Crippen LogP contribution >= 0.6 is 23.2 Å². The Balaban J connectivity index is 0.000000162. The van der Waals surface area contributed by atoms with Gasteiger partial charge in [-0.25, -0.2) is 14.5 Å². The first-order valence-electron chi connectivity index (χ1n) is 4.20. The van der Waals surface area contributed by atoms with E-state index >= 15 is 0 Å². The van der Waals surface area contributed by atoms with Gasteiger partial charge in [0.25, 0.3) is 0 Å². The van der Waals surface area contributed by atoms with Crippen molar-refractivity contribution in [2.75, 3.05) is 0 Å². The first-order chi connectivity index (χ1) is 7.22. The number of nitrogens with one attached hydrogen (secondary N) is 2. The van der Waals surface area contributed by atoms with Crippen molar-refractivity contribution in [2.45, 2.75) is 6.54 Å². The second kappa shape index (κ2) is 6.27. The summed E-state index contributed by atoms with van der Waals surface area (Å²) < 4.78 is 1.91. The van der Waals surface area contributed by atoms with E-state index in [0.717, 1.165) is 6.54 Å². The fourth-order valence-electron chi connectivity index (χ4n) is 0.858. The van der Waals surface area contributed by atoms with Gasteiger partial charge in [0.2, 0.25) is 11.5 Å². The highest BCUT2D eigenvalue weighted by molar-refractivity contribution is 6.29. The number of imidazole rings is 2. The van der Waals surface area contributed by atoms with E-state index in [1.807, 2.05) is 16.8 Å². The molecule has 0 spiro atoms. The minimum Gasteiger partial charge on any atom is -0.336 e. The van der Waals surface area contributed by atoms with Gasteiger partial charge in [0, 0.05) is 0 Å². The Morgan fingerprint density at radius 1 is 1.40 bits per heavy atom. The maximum atomic E-state index is 5.59. The molecule has 0 aliphatic rings. The molecule has 2 aromatic heterocycles. The SMILES string of the molecule is C=CC[n+]1c[nH]c(Cl)c1.Clc1cnc[nH]1. The molecule has 0 atom stereocenters. The average molecular weight is 246 g/mol. The van der Waals surface area contributed by atoms with Crippen LogP contribution in [0.5, 0.6) is 0 Å². The summed E-state index contributed by atoms with van der Waals surface area (Å²) in [5.41, 5.74) is 0. The van der Waals surface area contributed by atoms with E-state index in [4.69, 9.17) is 23.2 Å². The van der Waals surface area contributed by atoms with E-state index in [-0.39, 0.29) is 0 Å². The van der Waals surface area contributed by atoms with E-state index < -0.39 is 0 Å². The summed E-state index contributed by atoms with van der Waals surface area (Å²) in [5.74, 6) is 0. The van der Waals surface area contributed by atoms with Gasteiger partial charge in [-0.15, -0.1) is 0 Å². The lowest BCUT2D eigenvalue weighted by Crippen LogP contribution is -2.28. The van der Waals surface area contributed by atoms with Crippen LogP contribution in [0.25, 0.3) is 0 Å². The third kappa shape index (κ3) is 4.67. The van der Waals surface area contributed by atoms with Crippen molar-refractivity contribution in [1.29, 1.82) is 0 Å². The zero-order valence-corrected chi connectivity index (χ0v) is 9.46. The van der Waals surface area contributed by atoms with E-state index in [0.29, 0.717) is 10.3 Å². The van der Waals surface area contributed by atoms with Crippen molar-refractivity contribution in [1.82, 2.24) is 15.0 Å². The molecule has 2 rings (SSSR count). The Labute approximate surface area is 97.6 Å². The summed E-state index contributed by atoms with van der Waals surface area (Å²) in [6.07, 6.45) is 8.49. The first-order valence-corrected chi connectivity index (χ1v) is 4.95. The third-order valence-corrected chi connectivity index (χ3v) is 1.87. The molecule has 2 aromatic rings. The lowest BCUT2D eigenvalue weighted by atomic mass is 10.6. The Morgan fingerprint density at radius 2 is 2.20 bits per heavy atom. The lowest BCUT2D eigenvalue weighted by molar-refractivity contribution is -0.685. The third-order valence-electron chi connectivity index (χ3n) is 1.45. The topological polar surface area (TPSA) is 48.4 Å². The Morgan fingerprint density at radius 3 is 2.53 bits per heavy atom. The summed E-state index contributed by atoms with van der Waals surface area (Å²) in [6, 6.07) is 0. The van der Waals surface area contributed by atoms with Gasteiger partial charge in [-0.3, -0.25) is 0 Å². The molecule has 0 bridgehead atoms. The molecule has 2 heterocycles. The van der Waals surface area contributed by atoms with Crippen LogP contribution in [-0.4, -0.2) is 15.0 Å². The fourth-order valence-corrected chi connectivity index (χ4v) is 1.14. The molecule has 0 unspecified atom stereocenters. The summed E-state index contributed by atoms with van der Waals surface area (Å²) >= 11 is 10.9. The van der Waals surface area contributed by atoms with Gasteiger partial charge in [-0.05, 0) is 11.6 Å². The highest BCUT2D eigenvalue weighted by Gasteiger charge is 1.97. The molecule has 2 N–H and O–H groups in total. The highest BCUT2D eigenvalue weighted by Crippen LogP contribution is 1.96. The monoisotopic (exact) mass is 245 g/mol. The van der Waals surface area contributed by atoms with Crippen molar-refractivity contribution in [2.24, 2.45) is 0 Å². The molecule has 6 heteroatoms. The molecule has 0 aromatic carbocycles. The van der Waals surface area contributed by atoms with Crippen LogP contribution in [0.4, 0.5) is 0 Å². The van der Waals surface area contributed by atoms with Gasteiger partial charge in [0.05, 0.1) is 12.5 Å². The van der Waals surface area contributed by atoms with Gasteiger partial charge < -0.3 is 4.98 Å². The summed E-state index contributed by atoms with van der Waals surface area (Å²) in [7, 11) is 0. The molecule has 0 aliphatic heterocycles. The number of aromatic amines is 2. The molecule has 4 nitrogen and oxygen atoms in total. The van der Waals surface area contributed by atoms with Crippen LogP contribution < -0.4 is 4.57 Å². The number of hydrogen-bond donors (Lipinski definition) is 2. The number of allylic oxidation sites excluding steroid dienone is 1. The van der Waals surface area contributed by atoms with Crippen LogP contribution in [0.15, 0.2) is 37.7 Å². The van der Waals surface area contributed by atoms with Gasteiger partial charge in [-0.2, -0.15) is 0 Å². The van der Waals surface area contributed by atoms with Crippen molar-refractivity contribution in [3.8, 4) is 0 Å². The number of halogens is 2. The fraction of sp³-hybridized carbons (Fsp3) is 0.111. The normalized spacial score (nSPS) is 9.20. The van der Waals surface area contributed by atoms with Gasteiger partial charge in [0.15, 0.2) is 0 Å². The Kier molecular flexibility index (Phi) is 4.93. The second-order valence-corrected chi connectivity index (χ2v) is 3.45. The number of nitrogens with zero attached hydrogens (tertiary/aromatic N) is 2. The predicted molar refractivity (Wildman–Crippen MR) is 59.8 cm³/mol. The zero-order chi connectivity index (χ0) is 11.1. The standard InChI is InChI=1S/C6H7ClN2.C3H3ClN2/c1-2-3-9-4-6(7)8-5-9;4-3-1-5-2-6-3/h2,4-5H,1,3H2;1-2H,(H,5,6)/p+1. The maximum absolute atomic E-state index is 5.59. The molecule has 0 saturated heterocycles. The molecule has 80 valence electrons. The minimum atomic E-state index is 0.579. The molecule has 15 heavy (non-hydrogen) atoms. The molecule has 0 fully saturated rings. The minimum absolute atomic E-state index is 0.579. The van der Waals surface area contributed by atoms with Crippen molar-refractivity contribution in [3.05, 3.63) is 48.0 Å². The molecule has 0 aliphatic carbocycles. The van der Waals surface area contributed by atoms with Gasteiger partial charge in [-0.1, -0.05) is 24.3 Å². The quantitative estimate of drug-likeness (QED) is 0.619.